The molecule has 26 heavy (non-hydrogen) atoms. The summed E-state index contributed by atoms with van der Waals surface area (Å²) in [6, 6.07) is 7.25. The second-order valence-corrected chi connectivity index (χ2v) is 5.79. The van der Waals surface area contributed by atoms with Crippen molar-refractivity contribution in [1.29, 1.82) is 0 Å². The summed E-state index contributed by atoms with van der Waals surface area (Å²) < 4.78 is 37.7. The molecule has 1 aromatic heterocycles. The van der Waals surface area contributed by atoms with Crippen molar-refractivity contribution in [1.82, 2.24) is 10.4 Å². The summed E-state index contributed by atoms with van der Waals surface area (Å²) in [6.45, 7) is 0.0554. The maximum atomic E-state index is 12.6. The van der Waals surface area contributed by atoms with Gasteiger partial charge in [-0.3, -0.25) is 9.59 Å². The Morgan fingerprint density at radius 1 is 1.12 bits per heavy atom. The van der Waals surface area contributed by atoms with Crippen LogP contribution in [0.4, 0.5) is 19.0 Å². The van der Waals surface area contributed by atoms with Gasteiger partial charge in [-0.15, -0.1) is 0 Å². The Hall–Kier alpha value is -2.71. The van der Waals surface area contributed by atoms with Crippen LogP contribution in [0.1, 0.15) is 26.3 Å². The van der Waals surface area contributed by atoms with Crippen LogP contribution in [0.5, 0.6) is 0 Å². The molecule has 0 atom stereocenters. The largest absolute Gasteiger partial charge is 0.417 e. The molecule has 134 valence electrons. The van der Waals surface area contributed by atoms with Gasteiger partial charge in [-0.25, -0.2) is 10.4 Å². The molecule has 0 saturated carbocycles. The second kappa shape index (κ2) is 6.89. The van der Waals surface area contributed by atoms with E-state index in [0.717, 1.165) is 6.07 Å². The van der Waals surface area contributed by atoms with Gasteiger partial charge in [0, 0.05) is 23.9 Å². The predicted octanol–water partition coefficient (Wildman–Crippen LogP) is 3.68. The Bertz CT molecular complexity index is 889. The molecule has 0 unspecified atom stereocenters. The summed E-state index contributed by atoms with van der Waals surface area (Å²) in [4.78, 5) is 28.0. The molecule has 9 heteroatoms. The average molecular weight is 382 g/mol. The van der Waals surface area contributed by atoms with Crippen LogP contribution in [-0.4, -0.2) is 23.1 Å². The zero-order chi connectivity index (χ0) is 18.9. The van der Waals surface area contributed by atoms with Crippen LogP contribution in [0.2, 0.25) is 5.02 Å². The number of alkyl halides is 3. The molecule has 1 heterocycles. The highest BCUT2D eigenvalue weighted by molar-refractivity contribution is 6.39. The van der Waals surface area contributed by atoms with Crippen LogP contribution in [-0.2, 0) is 6.18 Å². The fourth-order valence-corrected chi connectivity index (χ4v) is 2.64. The molecule has 1 aliphatic rings. The first-order valence-corrected chi connectivity index (χ1v) is 7.77. The summed E-state index contributed by atoms with van der Waals surface area (Å²) >= 11 is 5.76. The van der Waals surface area contributed by atoms with Gasteiger partial charge < -0.3 is 5.43 Å². The van der Waals surface area contributed by atoms with Crippen LogP contribution >= 0.6 is 11.6 Å². The number of Topliss-reactive ketones (excluding diaryl/α,β-unsaturated/α-hetero) is 2. The van der Waals surface area contributed by atoms with E-state index in [1.807, 2.05) is 0 Å². The molecular weight excluding hydrogens is 371 g/mol. The number of pyridine rings is 1. The van der Waals surface area contributed by atoms with E-state index < -0.39 is 11.7 Å². The summed E-state index contributed by atoms with van der Waals surface area (Å²) in [7, 11) is 0. The van der Waals surface area contributed by atoms with Crippen LogP contribution < -0.4 is 10.9 Å². The van der Waals surface area contributed by atoms with Crippen LogP contribution in [0.25, 0.3) is 0 Å². The number of nitrogens with zero attached hydrogens (tertiary/aromatic N) is 1. The fraction of sp³-hybridized carbons (Fsp3) is 0.118. The Labute approximate surface area is 150 Å². The molecular formula is C17H11ClF3N3O2. The molecule has 0 aliphatic heterocycles. The van der Waals surface area contributed by atoms with E-state index in [-0.39, 0.29) is 34.5 Å². The summed E-state index contributed by atoms with van der Waals surface area (Å²) in [5.74, 6) is -0.735. The van der Waals surface area contributed by atoms with E-state index >= 15 is 0 Å². The fourth-order valence-electron chi connectivity index (χ4n) is 2.43. The number of anilines is 1. The number of hydrazine groups is 1. The van der Waals surface area contributed by atoms with E-state index in [1.54, 1.807) is 24.3 Å². The van der Waals surface area contributed by atoms with Gasteiger partial charge in [-0.2, -0.15) is 13.2 Å². The lowest BCUT2D eigenvalue weighted by Gasteiger charge is -2.10. The number of allylic oxidation sites excluding steroid dienone is 1. The molecule has 0 fully saturated rings. The molecule has 3 rings (SSSR count). The van der Waals surface area contributed by atoms with E-state index in [9.17, 15) is 22.8 Å². The normalized spacial score (nSPS) is 13.8. The van der Waals surface area contributed by atoms with Gasteiger partial charge in [-0.1, -0.05) is 41.9 Å². The highest BCUT2D eigenvalue weighted by Gasteiger charge is 2.32. The smallest absolute Gasteiger partial charge is 0.304 e. The number of halogens is 4. The Kier molecular flexibility index (Phi) is 4.80. The van der Waals surface area contributed by atoms with Gasteiger partial charge in [0.2, 0.25) is 0 Å². The van der Waals surface area contributed by atoms with Crippen molar-refractivity contribution >= 4 is 29.0 Å². The van der Waals surface area contributed by atoms with Gasteiger partial charge in [0.25, 0.3) is 0 Å². The first-order valence-electron chi connectivity index (χ1n) is 7.39. The second-order valence-electron chi connectivity index (χ2n) is 5.38. The minimum Gasteiger partial charge on any atom is -0.304 e. The predicted molar refractivity (Wildman–Crippen MR) is 89.1 cm³/mol. The van der Waals surface area contributed by atoms with Crippen LogP contribution in [0.3, 0.4) is 0 Å². The molecule has 2 aromatic rings. The van der Waals surface area contributed by atoms with Crippen molar-refractivity contribution in [2.75, 3.05) is 12.0 Å². The molecule has 1 aliphatic carbocycles. The Balaban J connectivity index is 1.64. The maximum absolute atomic E-state index is 12.6. The lowest BCUT2D eigenvalue weighted by molar-refractivity contribution is -0.137. The lowest BCUT2D eigenvalue weighted by Crippen LogP contribution is -2.23. The van der Waals surface area contributed by atoms with E-state index in [4.69, 9.17) is 11.6 Å². The maximum Gasteiger partial charge on any atom is 0.417 e. The van der Waals surface area contributed by atoms with Gasteiger partial charge in [0.15, 0.2) is 17.4 Å². The minimum absolute atomic E-state index is 0.00886. The number of ketones is 2. The third-order valence-electron chi connectivity index (χ3n) is 3.69. The lowest BCUT2D eigenvalue weighted by atomic mass is 10.1. The number of aromatic nitrogens is 1. The van der Waals surface area contributed by atoms with Crippen molar-refractivity contribution < 1.29 is 22.8 Å². The molecule has 2 N–H and O–H groups in total. The number of benzene rings is 1. The highest BCUT2D eigenvalue weighted by atomic mass is 35.5. The quantitative estimate of drug-likeness (QED) is 0.366. The molecule has 0 saturated heterocycles. The van der Waals surface area contributed by atoms with Crippen LogP contribution in [0, 0.1) is 0 Å². The topological polar surface area (TPSA) is 71.1 Å². The van der Waals surface area contributed by atoms with E-state index in [2.05, 4.69) is 15.8 Å². The summed E-state index contributed by atoms with van der Waals surface area (Å²) in [5.41, 5.74) is 4.95. The van der Waals surface area contributed by atoms with Crippen molar-refractivity contribution in [3.05, 3.63) is 69.9 Å². The van der Waals surface area contributed by atoms with E-state index in [1.165, 1.54) is 6.08 Å². The number of nitrogens with one attached hydrogen (secondary N) is 2. The third-order valence-corrected chi connectivity index (χ3v) is 3.98. The first-order chi connectivity index (χ1) is 12.3. The third kappa shape index (κ3) is 3.47. The molecule has 1 aromatic carbocycles. The van der Waals surface area contributed by atoms with Crippen LogP contribution in [0.15, 0.2) is 48.2 Å². The highest BCUT2D eigenvalue weighted by Crippen LogP contribution is 2.32. The SMILES string of the molecule is O=C1C(=CCNNc2ncc(C(F)(F)F)cc2Cl)C(=O)c2ccccc21. The number of rotatable bonds is 4. The average Bonchev–Trinajstić information content (AvgIpc) is 2.84. The first kappa shape index (κ1) is 18.1. The van der Waals surface area contributed by atoms with Gasteiger partial charge >= 0.3 is 6.18 Å². The molecule has 0 amide bonds. The molecule has 5 nitrogen and oxygen atoms in total. The summed E-state index contributed by atoms with van der Waals surface area (Å²) in [5, 5.41) is -0.222. The Morgan fingerprint density at radius 3 is 2.27 bits per heavy atom. The van der Waals surface area contributed by atoms with Crippen molar-refractivity contribution in [2.24, 2.45) is 0 Å². The van der Waals surface area contributed by atoms with Crippen molar-refractivity contribution in [3.8, 4) is 0 Å². The number of hydrogen-bond acceptors (Lipinski definition) is 5. The number of carbonyl (C=O) groups is 2. The molecule has 0 spiro atoms. The standard InChI is InChI=1S/C17H11ClF3N3O2/c18-13-7-9(17(19,20)21)8-22-16(13)24-23-6-5-12-14(25)10-3-1-2-4-11(10)15(12)26/h1-5,7-8,23H,6H2,(H,22,24). The number of fused-ring (bicyclic) bond motifs is 1. The van der Waals surface area contributed by atoms with Gasteiger partial charge in [-0.05, 0) is 6.07 Å². The minimum atomic E-state index is -4.54. The number of carbonyl (C=O) groups excluding carboxylic acids is 2. The van der Waals surface area contributed by atoms with Gasteiger partial charge in [0.05, 0.1) is 16.2 Å². The molecule has 0 radical (unpaired) electrons. The van der Waals surface area contributed by atoms with Crippen molar-refractivity contribution in [3.63, 3.8) is 0 Å². The Morgan fingerprint density at radius 2 is 1.73 bits per heavy atom. The number of hydrogen-bond donors (Lipinski definition) is 2. The monoisotopic (exact) mass is 381 g/mol. The summed E-state index contributed by atoms with van der Waals surface area (Å²) in [6.07, 6.45) is -2.49. The zero-order valence-corrected chi connectivity index (χ0v) is 13.8. The van der Waals surface area contributed by atoms with Gasteiger partial charge in [0.1, 0.15) is 0 Å². The zero-order valence-electron chi connectivity index (χ0n) is 13.0. The molecule has 0 bridgehead atoms. The van der Waals surface area contributed by atoms with Crippen molar-refractivity contribution in [2.45, 2.75) is 6.18 Å². The van der Waals surface area contributed by atoms with E-state index in [0.29, 0.717) is 17.3 Å².